The molecule has 4 aromatic carbocycles. The minimum absolute atomic E-state index is 0.287. The minimum atomic E-state index is -0.671. The van der Waals surface area contributed by atoms with Gasteiger partial charge in [-0.2, -0.15) is 0 Å². The van der Waals surface area contributed by atoms with Gasteiger partial charge in [0, 0.05) is 0 Å². The largest absolute Gasteiger partial charge is 0.390 e. The van der Waals surface area contributed by atoms with E-state index in [1.807, 2.05) is 27.7 Å². The van der Waals surface area contributed by atoms with Crippen LogP contribution in [-0.2, 0) is 0 Å². The van der Waals surface area contributed by atoms with Crippen LogP contribution < -0.4 is 0 Å². The van der Waals surface area contributed by atoms with Crippen molar-refractivity contribution in [2.24, 2.45) is 11.8 Å². The Kier molecular flexibility index (Phi) is 5.85. The highest BCUT2D eigenvalue weighted by molar-refractivity contribution is 6.24. The van der Waals surface area contributed by atoms with E-state index >= 15 is 0 Å². The van der Waals surface area contributed by atoms with Gasteiger partial charge in [-0.3, -0.25) is 0 Å². The molecule has 0 amide bonds. The first-order valence-electron chi connectivity index (χ1n) is 14.3. The summed E-state index contributed by atoms with van der Waals surface area (Å²) in [4.78, 5) is 0. The fourth-order valence-electron chi connectivity index (χ4n) is 8.19. The van der Waals surface area contributed by atoms with Crippen LogP contribution in [0.3, 0.4) is 0 Å². The first kappa shape index (κ1) is 24.2. The third-order valence-corrected chi connectivity index (χ3v) is 9.88. The summed E-state index contributed by atoms with van der Waals surface area (Å²) in [6.07, 6.45) is 9.40. The Morgan fingerprint density at radius 1 is 0.528 bits per heavy atom. The van der Waals surface area contributed by atoms with Gasteiger partial charge >= 0.3 is 0 Å². The van der Waals surface area contributed by atoms with E-state index in [2.05, 4.69) is 48.5 Å². The lowest BCUT2D eigenvalue weighted by Crippen LogP contribution is -2.37. The Balaban J connectivity index is 1.57. The molecule has 4 atom stereocenters. The van der Waals surface area contributed by atoms with Crippen molar-refractivity contribution in [2.45, 2.75) is 102 Å². The molecule has 4 aromatic rings. The maximum Gasteiger partial charge on any atom is 0.0625 e. The maximum atomic E-state index is 11.1. The summed E-state index contributed by atoms with van der Waals surface area (Å²) in [6, 6.07) is 18.6. The van der Waals surface area contributed by atoms with Crippen LogP contribution in [0.5, 0.6) is 0 Å². The zero-order valence-electron chi connectivity index (χ0n) is 22.5. The van der Waals surface area contributed by atoms with Gasteiger partial charge in [-0.05, 0) is 120 Å². The zero-order chi connectivity index (χ0) is 25.2. The Morgan fingerprint density at radius 2 is 0.889 bits per heavy atom. The van der Waals surface area contributed by atoms with Gasteiger partial charge in [0.15, 0.2) is 0 Å². The number of aliphatic hydroxyl groups is 2. The molecule has 2 N–H and O–H groups in total. The topological polar surface area (TPSA) is 40.5 Å². The van der Waals surface area contributed by atoms with Crippen LogP contribution >= 0.6 is 0 Å². The van der Waals surface area contributed by atoms with Crippen molar-refractivity contribution in [1.82, 2.24) is 0 Å². The van der Waals surface area contributed by atoms with Crippen molar-refractivity contribution in [3.05, 3.63) is 59.7 Å². The quantitative estimate of drug-likeness (QED) is 0.286. The lowest BCUT2D eigenvalue weighted by atomic mass is 9.67. The molecule has 0 heterocycles. The number of rotatable bonds is 4. The van der Waals surface area contributed by atoms with Crippen LogP contribution in [-0.4, -0.2) is 21.4 Å². The van der Waals surface area contributed by atoms with Crippen LogP contribution in [0.4, 0.5) is 0 Å². The van der Waals surface area contributed by atoms with Crippen molar-refractivity contribution < 1.29 is 10.2 Å². The summed E-state index contributed by atoms with van der Waals surface area (Å²) >= 11 is 0. The molecule has 2 fully saturated rings. The van der Waals surface area contributed by atoms with E-state index in [0.29, 0.717) is 11.8 Å². The molecule has 0 radical (unpaired) electrons. The third-order valence-electron chi connectivity index (χ3n) is 9.88. The second-order valence-electron chi connectivity index (χ2n) is 13.0. The van der Waals surface area contributed by atoms with Gasteiger partial charge in [-0.25, -0.2) is 0 Å². The molecule has 2 aliphatic carbocycles. The molecular weight excluding hydrogens is 440 g/mol. The van der Waals surface area contributed by atoms with E-state index in [9.17, 15) is 10.2 Å². The Labute approximate surface area is 216 Å². The highest BCUT2D eigenvalue weighted by atomic mass is 16.3. The molecule has 6 rings (SSSR count). The third kappa shape index (κ3) is 3.92. The smallest absolute Gasteiger partial charge is 0.0625 e. The Hall–Kier alpha value is -2.16. The van der Waals surface area contributed by atoms with Gasteiger partial charge in [0.05, 0.1) is 11.2 Å². The Bertz CT molecular complexity index is 1280. The first-order chi connectivity index (χ1) is 17.1. The van der Waals surface area contributed by atoms with E-state index in [4.69, 9.17) is 0 Å². The van der Waals surface area contributed by atoms with Gasteiger partial charge < -0.3 is 10.2 Å². The predicted molar refractivity (Wildman–Crippen MR) is 152 cm³/mol. The van der Waals surface area contributed by atoms with E-state index in [0.717, 1.165) is 25.7 Å². The molecule has 36 heavy (non-hydrogen) atoms. The van der Waals surface area contributed by atoms with Crippen LogP contribution in [0.1, 0.15) is 102 Å². The molecule has 2 aliphatic rings. The summed E-state index contributed by atoms with van der Waals surface area (Å²) in [5.41, 5.74) is 1.49. The summed E-state index contributed by atoms with van der Waals surface area (Å²) in [5, 5.41) is 30.3. The lowest BCUT2D eigenvalue weighted by Gasteiger charge is -2.40. The SMILES string of the molecule is CC(C)(O)C1CCCCC1c1ccc2ccc3c(C4CCCCC4C(C)(C)O)ccc4ccc1c2c43. The molecule has 0 spiro atoms. The molecule has 190 valence electrons. The number of hydrogen-bond acceptors (Lipinski definition) is 2. The highest BCUT2D eigenvalue weighted by Crippen LogP contribution is 2.50. The Morgan fingerprint density at radius 3 is 1.28 bits per heavy atom. The van der Waals surface area contributed by atoms with E-state index < -0.39 is 11.2 Å². The molecule has 2 heteroatoms. The van der Waals surface area contributed by atoms with Crippen molar-refractivity contribution in [2.75, 3.05) is 0 Å². The molecule has 4 unspecified atom stereocenters. The fourth-order valence-corrected chi connectivity index (χ4v) is 8.19. The lowest BCUT2D eigenvalue weighted by molar-refractivity contribution is -0.0100. The zero-order valence-corrected chi connectivity index (χ0v) is 22.5. The molecule has 2 nitrogen and oxygen atoms in total. The summed E-state index contributed by atoms with van der Waals surface area (Å²) in [5.74, 6) is 1.35. The van der Waals surface area contributed by atoms with Crippen LogP contribution in [0.25, 0.3) is 32.3 Å². The minimum Gasteiger partial charge on any atom is -0.390 e. The van der Waals surface area contributed by atoms with Gasteiger partial charge in [0.2, 0.25) is 0 Å². The average molecular weight is 483 g/mol. The normalized spacial score (nSPS) is 26.3. The fraction of sp³-hybridized carbons (Fsp3) is 0.529. The number of hydrogen-bond donors (Lipinski definition) is 2. The monoisotopic (exact) mass is 482 g/mol. The molecule has 0 bridgehead atoms. The molecule has 2 saturated carbocycles. The number of benzene rings is 4. The van der Waals surface area contributed by atoms with Gasteiger partial charge in [0.25, 0.3) is 0 Å². The van der Waals surface area contributed by atoms with Gasteiger partial charge in [-0.1, -0.05) is 74.2 Å². The molecule has 0 saturated heterocycles. The van der Waals surface area contributed by atoms with Gasteiger partial charge in [-0.15, -0.1) is 0 Å². The second-order valence-corrected chi connectivity index (χ2v) is 13.0. The first-order valence-corrected chi connectivity index (χ1v) is 14.3. The van der Waals surface area contributed by atoms with E-state index in [1.165, 1.54) is 69.1 Å². The van der Waals surface area contributed by atoms with Crippen molar-refractivity contribution in [3.63, 3.8) is 0 Å². The summed E-state index contributed by atoms with van der Waals surface area (Å²) < 4.78 is 0. The maximum absolute atomic E-state index is 11.1. The molecular formula is C34H42O2. The van der Waals surface area contributed by atoms with Crippen molar-refractivity contribution in [1.29, 1.82) is 0 Å². The van der Waals surface area contributed by atoms with Crippen molar-refractivity contribution in [3.8, 4) is 0 Å². The van der Waals surface area contributed by atoms with E-state index in [1.54, 1.807) is 0 Å². The molecule has 0 aromatic heterocycles. The van der Waals surface area contributed by atoms with Crippen LogP contribution in [0, 0.1) is 11.8 Å². The second kappa shape index (κ2) is 8.71. The van der Waals surface area contributed by atoms with Crippen LogP contribution in [0.15, 0.2) is 48.5 Å². The van der Waals surface area contributed by atoms with Crippen molar-refractivity contribution >= 4 is 32.3 Å². The molecule has 0 aliphatic heterocycles. The average Bonchev–Trinajstić information content (AvgIpc) is 2.86. The van der Waals surface area contributed by atoms with Crippen LogP contribution in [0.2, 0.25) is 0 Å². The van der Waals surface area contributed by atoms with Gasteiger partial charge in [0.1, 0.15) is 0 Å². The predicted octanol–water partition coefficient (Wildman–Crippen LogP) is 8.67. The van der Waals surface area contributed by atoms with E-state index in [-0.39, 0.29) is 11.8 Å². The summed E-state index contributed by atoms with van der Waals surface area (Å²) in [6.45, 7) is 8.01. The standard InChI is InChI=1S/C34H42O2/c1-33(2,35)29-11-7-5-9-25(29)23-17-13-21-16-20-28-24(26-10-6-8-12-30(26)34(3,4)36)18-14-22-15-19-27(23)31(21)32(22)28/h13-20,25-26,29-30,35-36H,5-12H2,1-4H3. The highest BCUT2D eigenvalue weighted by Gasteiger charge is 2.39. The summed E-state index contributed by atoms with van der Waals surface area (Å²) in [7, 11) is 0.